The molecule has 0 radical (unpaired) electrons. The third-order valence-electron chi connectivity index (χ3n) is 3.30. The predicted octanol–water partition coefficient (Wildman–Crippen LogP) is 2.22. The maximum absolute atomic E-state index is 11.9. The Morgan fingerprint density at radius 2 is 2.35 bits per heavy atom. The van der Waals surface area contributed by atoms with Crippen molar-refractivity contribution in [2.24, 2.45) is 11.7 Å². The first-order valence-corrected chi connectivity index (χ1v) is 6.62. The molecule has 1 aromatic heterocycles. The van der Waals surface area contributed by atoms with Gasteiger partial charge in [0.15, 0.2) is 0 Å². The fraction of sp³-hybridized carbons (Fsp3) is 0.583. The standard InChI is InChI=1S/C12H18N2OS.ClH/c1-8-5-6-16-11(8)7-14-12(15)9-3-2-4-10(9)13;/h5-6,9-10H,2-4,7,13H2,1H3,(H,14,15);1H. The molecule has 1 aromatic rings. The van der Waals surface area contributed by atoms with E-state index in [0.29, 0.717) is 6.54 Å². The Morgan fingerprint density at radius 1 is 1.59 bits per heavy atom. The van der Waals surface area contributed by atoms with Crippen molar-refractivity contribution >= 4 is 29.7 Å². The molecule has 3 nitrogen and oxygen atoms in total. The first-order valence-electron chi connectivity index (χ1n) is 5.74. The van der Waals surface area contributed by atoms with Crippen molar-refractivity contribution in [3.05, 3.63) is 21.9 Å². The summed E-state index contributed by atoms with van der Waals surface area (Å²) in [6, 6.07) is 2.14. The number of carbonyl (C=O) groups excluding carboxylic acids is 1. The first kappa shape index (κ1) is 14.5. The van der Waals surface area contributed by atoms with Crippen LogP contribution in [-0.4, -0.2) is 11.9 Å². The molecule has 0 aromatic carbocycles. The topological polar surface area (TPSA) is 55.1 Å². The highest BCUT2D eigenvalue weighted by Gasteiger charge is 2.29. The minimum absolute atomic E-state index is 0. The number of thiophene rings is 1. The molecule has 2 unspecified atom stereocenters. The summed E-state index contributed by atoms with van der Waals surface area (Å²) in [7, 11) is 0. The number of nitrogens with two attached hydrogens (primary N) is 1. The molecule has 1 aliphatic carbocycles. The summed E-state index contributed by atoms with van der Waals surface area (Å²) in [5.74, 6) is 0.151. The van der Waals surface area contributed by atoms with Crippen molar-refractivity contribution in [2.45, 2.75) is 38.8 Å². The molecule has 1 amide bonds. The molecule has 96 valence electrons. The van der Waals surface area contributed by atoms with Crippen LogP contribution in [0.15, 0.2) is 11.4 Å². The fourth-order valence-corrected chi connectivity index (χ4v) is 3.04. The molecular weight excluding hydrogens is 256 g/mol. The molecule has 0 aliphatic heterocycles. The summed E-state index contributed by atoms with van der Waals surface area (Å²) >= 11 is 1.69. The van der Waals surface area contributed by atoms with Gasteiger partial charge in [-0.25, -0.2) is 0 Å². The van der Waals surface area contributed by atoms with E-state index < -0.39 is 0 Å². The number of nitrogens with one attached hydrogen (secondary N) is 1. The van der Waals surface area contributed by atoms with Gasteiger partial charge >= 0.3 is 0 Å². The van der Waals surface area contributed by atoms with Crippen LogP contribution in [0.3, 0.4) is 0 Å². The Balaban J connectivity index is 0.00000144. The lowest BCUT2D eigenvalue weighted by Crippen LogP contribution is -2.38. The SMILES string of the molecule is Cc1ccsc1CNC(=O)C1CCCC1N.Cl. The average Bonchev–Trinajstić information content (AvgIpc) is 2.84. The van der Waals surface area contributed by atoms with Gasteiger partial charge in [-0.05, 0) is 36.8 Å². The second kappa shape index (κ2) is 6.38. The van der Waals surface area contributed by atoms with Gasteiger partial charge in [-0.15, -0.1) is 23.7 Å². The highest BCUT2D eigenvalue weighted by molar-refractivity contribution is 7.10. The Bertz CT molecular complexity index is 380. The lowest BCUT2D eigenvalue weighted by molar-refractivity contribution is -0.125. The fourth-order valence-electron chi connectivity index (χ4n) is 2.20. The minimum atomic E-state index is 0. The molecule has 3 N–H and O–H groups in total. The van der Waals surface area contributed by atoms with Crippen LogP contribution in [0.2, 0.25) is 0 Å². The van der Waals surface area contributed by atoms with E-state index in [-0.39, 0.29) is 30.3 Å². The normalized spacial score (nSPS) is 23.2. The van der Waals surface area contributed by atoms with Gasteiger partial charge in [0, 0.05) is 10.9 Å². The number of amides is 1. The number of aryl methyl sites for hydroxylation is 1. The predicted molar refractivity (Wildman–Crippen MR) is 73.5 cm³/mol. The molecule has 17 heavy (non-hydrogen) atoms. The number of hydrogen-bond donors (Lipinski definition) is 2. The van der Waals surface area contributed by atoms with E-state index in [0.717, 1.165) is 19.3 Å². The van der Waals surface area contributed by atoms with E-state index in [1.54, 1.807) is 11.3 Å². The zero-order valence-corrected chi connectivity index (χ0v) is 11.6. The number of rotatable bonds is 3. The van der Waals surface area contributed by atoms with Crippen LogP contribution in [0.1, 0.15) is 29.7 Å². The van der Waals surface area contributed by atoms with Crippen LogP contribution >= 0.6 is 23.7 Å². The molecule has 1 aliphatic rings. The van der Waals surface area contributed by atoms with Crippen LogP contribution in [0.25, 0.3) is 0 Å². The van der Waals surface area contributed by atoms with Crippen LogP contribution in [-0.2, 0) is 11.3 Å². The van der Waals surface area contributed by atoms with E-state index in [2.05, 4.69) is 23.7 Å². The van der Waals surface area contributed by atoms with Crippen LogP contribution < -0.4 is 11.1 Å². The molecule has 5 heteroatoms. The second-order valence-corrected chi connectivity index (χ2v) is 5.45. The second-order valence-electron chi connectivity index (χ2n) is 4.45. The van der Waals surface area contributed by atoms with Gasteiger partial charge in [0.1, 0.15) is 0 Å². The quantitative estimate of drug-likeness (QED) is 0.888. The van der Waals surface area contributed by atoms with E-state index >= 15 is 0 Å². The van der Waals surface area contributed by atoms with Crippen molar-refractivity contribution in [1.82, 2.24) is 5.32 Å². The summed E-state index contributed by atoms with van der Waals surface area (Å²) in [5, 5.41) is 5.04. The third-order valence-corrected chi connectivity index (χ3v) is 4.32. The summed E-state index contributed by atoms with van der Waals surface area (Å²) in [6.45, 7) is 2.71. The lowest BCUT2D eigenvalue weighted by Gasteiger charge is -2.14. The van der Waals surface area contributed by atoms with Crippen LogP contribution in [0.4, 0.5) is 0 Å². The lowest BCUT2D eigenvalue weighted by atomic mass is 10.0. The molecule has 1 saturated carbocycles. The van der Waals surface area contributed by atoms with Gasteiger partial charge in [0.2, 0.25) is 5.91 Å². The van der Waals surface area contributed by atoms with Crippen molar-refractivity contribution < 1.29 is 4.79 Å². The van der Waals surface area contributed by atoms with Gasteiger partial charge in [-0.2, -0.15) is 0 Å². The van der Waals surface area contributed by atoms with Gasteiger partial charge in [-0.3, -0.25) is 4.79 Å². The number of halogens is 1. The molecular formula is C12H19ClN2OS. The average molecular weight is 275 g/mol. The van der Waals surface area contributed by atoms with Crippen LogP contribution in [0.5, 0.6) is 0 Å². The van der Waals surface area contributed by atoms with E-state index in [1.165, 1.54) is 10.4 Å². The van der Waals surface area contributed by atoms with Gasteiger partial charge < -0.3 is 11.1 Å². The maximum Gasteiger partial charge on any atom is 0.224 e. The minimum Gasteiger partial charge on any atom is -0.351 e. The molecule has 0 bridgehead atoms. The van der Waals surface area contributed by atoms with Crippen molar-refractivity contribution in [3.63, 3.8) is 0 Å². The summed E-state index contributed by atoms with van der Waals surface area (Å²) in [4.78, 5) is 13.1. The van der Waals surface area contributed by atoms with E-state index in [1.807, 2.05) is 0 Å². The Kier molecular flexibility index (Phi) is 5.43. The molecule has 2 atom stereocenters. The van der Waals surface area contributed by atoms with Gasteiger partial charge in [0.25, 0.3) is 0 Å². The van der Waals surface area contributed by atoms with Crippen LogP contribution in [0, 0.1) is 12.8 Å². The largest absolute Gasteiger partial charge is 0.351 e. The van der Waals surface area contributed by atoms with Gasteiger partial charge in [-0.1, -0.05) is 6.42 Å². The van der Waals surface area contributed by atoms with E-state index in [4.69, 9.17) is 5.73 Å². The Morgan fingerprint density at radius 3 is 2.88 bits per heavy atom. The summed E-state index contributed by atoms with van der Waals surface area (Å²) < 4.78 is 0. The molecule has 2 rings (SSSR count). The Labute approximate surface area is 112 Å². The smallest absolute Gasteiger partial charge is 0.224 e. The highest BCUT2D eigenvalue weighted by Crippen LogP contribution is 2.24. The third kappa shape index (κ3) is 3.44. The molecule has 0 spiro atoms. The van der Waals surface area contributed by atoms with Crippen molar-refractivity contribution in [1.29, 1.82) is 0 Å². The van der Waals surface area contributed by atoms with Gasteiger partial charge in [0.05, 0.1) is 12.5 Å². The Hall–Kier alpha value is -0.580. The highest BCUT2D eigenvalue weighted by atomic mass is 35.5. The summed E-state index contributed by atoms with van der Waals surface area (Å²) in [5.41, 5.74) is 7.15. The van der Waals surface area contributed by atoms with Crippen molar-refractivity contribution in [3.8, 4) is 0 Å². The first-order chi connectivity index (χ1) is 7.68. The number of carbonyl (C=O) groups is 1. The van der Waals surface area contributed by atoms with E-state index in [9.17, 15) is 4.79 Å². The molecule has 1 fully saturated rings. The maximum atomic E-state index is 11.9. The molecule has 1 heterocycles. The monoisotopic (exact) mass is 274 g/mol. The zero-order chi connectivity index (χ0) is 11.5. The van der Waals surface area contributed by atoms with Crippen molar-refractivity contribution in [2.75, 3.05) is 0 Å². The zero-order valence-electron chi connectivity index (χ0n) is 9.94. The molecule has 0 saturated heterocycles. The summed E-state index contributed by atoms with van der Waals surface area (Å²) in [6.07, 6.45) is 3.00. The number of hydrogen-bond acceptors (Lipinski definition) is 3.